The third kappa shape index (κ3) is 2.95. The minimum absolute atomic E-state index is 0.295. The fraction of sp³-hybridized carbons (Fsp3) is 0.222. The number of fused-ring (bicyclic) bond motifs is 1. The van der Waals surface area contributed by atoms with E-state index in [0.29, 0.717) is 28.4 Å². The van der Waals surface area contributed by atoms with Crippen molar-refractivity contribution in [2.24, 2.45) is 0 Å². The molecule has 1 aliphatic rings. The molecule has 0 saturated carbocycles. The molecule has 0 saturated heterocycles. The number of methoxy groups -OCH3 is 1. The lowest BCUT2D eigenvalue weighted by molar-refractivity contribution is -0.134. The second kappa shape index (κ2) is 6.17. The van der Waals surface area contributed by atoms with Crippen LogP contribution in [0.4, 0.5) is 5.69 Å². The summed E-state index contributed by atoms with van der Waals surface area (Å²) in [6.07, 6.45) is 0.295. The smallest absolute Gasteiger partial charge is 0.339 e. The number of rotatable bonds is 3. The van der Waals surface area contributed by atoms with Crippen LogP contribution in [0.2, 0.25) is 5.02 Å². The molecule has 0 aliphatic carbocycles. The number of hydrogen-bond donors (Lipinski definition) is 1. The first kappa shape index (κ1) is 16.3. The Morgan fingerprint density at radius 2 is 2.04 bits per heavy atom. The van der Waals surface area contributed by atoms with Crippen LogP contribution in [0.25, 0.3) is 0 Å². The Morgan fingerprint density at radius 1 is 1.29 bits per heavy atom. The van der Waals surface area contributed by atoms with Gasteiger partial charge in [0.2, 0.25) is 0 Å². The van der Waals surface area contributed by atoms with E-state index in [-0.39, 0.29) is 0 Å². The lowest BCUT2D eigenvalue weighted by Crippen LogP contribution is -2.48. The Balaban J connectivity index is 1.88. The van der Waals surface area contributed by atoms with Crippen molar-refractivity contribution in [3.8, 4) is 5.75 Å². The van der Waals surface area contributed by atoms with E-state index in [4.69, 9.17) is 21.1 Å². The molecule has 2 aromatic rings. The van der Waals surface area contributed by atoms with Gasteiger partial charge in [-0.3, -0.25) is 4.79 Å². The van der Waals surface area contributed by atoms with E-state index in [1.54, 1.807) is 37.3 Å². The Morgan fingerprint density at radius 3 is 2.79 bits per heavy atom. The normalized spacial score (nSPS) is 19.2. The molecule has 2 aromatic carbocycles. The maximum Gasteiger partial charge on any atom is 0.339 e. The summed E-state index contributed by atoms with van der Waals surface area (Å²) in [5, 5.41) is 3.20. The summed E-state index contributed by atoms with van der Waals surface area (Å²) in [5.41, 5.74) is 0.386. The third-order valence-corrected chi connectivity index (χ3v) is 4.21. The molecule has 6 heteroatoms. The fourth-order valence-corrected chi connectivity index (χ4v) is 2.86. The Hall–Kier alpha value is -2.53. The standard InChI is InChI=1S/C18H16ClNO4/c1-18(10-11-5-3-4-6-13(11)16(21)24-18)17(22)20-14-9-12(19)7-8-15(14)23-2/h3-9H,10H2,1-2H3,(H,20,22)/t18-/m0/s1. The number of carbonyl (C=O) groups excluding carboxylic acids is 2. The number of cyclic esters (lactones) is 1. The second-order valence-electron chi connectivity index (χ2n) is 5.75. The molecular formula is C18H16ClNO4. The third-order valence-electron chi connectivity index (χ3n) is 3.97. The molecule has 5 nitrogen and oxygen atoms in total. The van der Waals surface area contributed by atoms with Crippen LogP contribution in [0.5, 0.6) is 5.75 Å². The summed E-state index contributed by atoms with van der Waals surface area (Å²) in [6, 6.07) is 12.0. The van der Waals surface area contributed by atoms with E-state index in [1.165, 1.54) is 7.11 Å². The molecule has 0 spiro atoms. The van der Waals surface area contributed by atoms with E-state index in [9.17, 15) is 9.59 Å². The minimum atomic E-state index is -1.31. The van der Waals surface area contributed by atoms with E-state index in [1.807, 2.05) is 12.1 Å². The van der Waals surface area contributed by atoms with Crippen molar-refractivity contribution in [3.05, 3.63) is 58.6 Å². The molecular weight excluding hydrogens is 330 g/mol. The predicted molar refractivity (Wildman–Crippen MR) is 90.6 cm³/mol. The highest BCUT2D eigenvalue weighted by atomic mass is 35.5. The van der Waals surface area contributed by atoms with Crippen LogP contribution >= 0.6 is 11.6 Å². The number of amides is 1. The van der Waals surface area contributed by atoms with E-state index in [0.717, 1.165) is 5.56 Å². The lowest BCUT2D eigenvalue weighted by Gasteiger charge is -2.33. The molecule has 0 radical (unpaired) electrons. The van der Waals surface area contributed by atoms with Crippen molar-refractivity contribution in [1.29, 1.82) is 0 Å². The van der Waals surface area contributed by atoms with Crippen molar-refractivity contribution in [2.45, 2.75) is 18.9 Å². The summed E-state index contributed by atoms with van der Waals surface area (Å²) in [7, 11) is 1.50. The molecule has 3 rings (SSSR count). The molecule has 124 valence electrons. The fourth-order valence-electron chi connectivity index (χ4n) is 2.69. The highest BCUT2D eigenvalue weighted by Gasteiger charge is 2.42. The maximum atomic E-state index is 12.7. The van der Waals surface area contributed by atoms with Gasteiger partial charge in [0.1, 0.15) is 5.75 Å². The largest absolute Gasteiger partial charge is 0.495 e. The first-order chi connectivity index (χ1) is 11.4. The lowest BCUT2D eigenvalue weighted by atomic mass is 9.89. The molecule has 1 atom stereocenters. The van der Waals surface area contributed by atoms with Crippen LogP contribution in [0, 0.1) is 0 Å². The van der Waals surface area contributed by atoms with Gasteiger partial charge in [0.15, 0.2) is 5.60 Å². The van der Waals surface area contributed by atoms with Crippen LogP contribution in [-0.4, -0.2) is 24.6 Å². The number of ether oxygens (including phenoxy) is 2. The molecule has 0 bridgehead atoms. The summed E-state index contributed by atoms with van der Waals surface area (Å²) in [5.74, 6) is -0.475. The van der Waals surface area contributed by atoms with Crippen LogP contribution in [0.15, 0.2) is 42.5 Å². The average Bonchev–Trinajstić information content (AvgIpc) is 2.55. The Kier molecular flexibility index (Phi) is 4.20. The van der Waals surface area contributed by atoms with Gasteiger partial charge in [-0.25, -0.2) is 4.79 Å². The van der Waals surface area contributed by atoms with Crippen LogP contribution < -0.4 is 10.1 Å². The first-order valence-corrected chi connectivity index (χ1v) is 7.77. The van der Waals surface area contributed by atoms with Gasteiger partial charge in [-0.2, -0.15) is 0 Å². The molecule has 0 unspecified atom stereocenters. The number of halogens is 1. The maximum absolute atomic E-state index is 12.7. The number of anilines is 1. The van der Waals surface area contributed by atoms with E-state index in [2.05, 4.69) is 5.32 Å². The van der Waals surface area contributed by atoms with Gasteiger partial charge in [-0.05, 0) is 36.8 Å². The summed E-state index contributed by atoms with van der Waals surface area (Å²) in [4.78, 5) is 24.9. The zero-order chi connectivity index (χ0) is 17.3. The predicted octanol–water partition coefficient (Wildman–Crippen LogP) is 3.46. The van der Waals surface area contributed by atoms with Crippen LogP contribution in [0.1, 0.15) is 22.8 Å². The zero-order valence-electron chi connectivity index (χ0n) is 13.3. The van der Waals surface area contributed by atoms with Crippen molar-refractivity contribution < 1.29 is 19.1 Å². The Bertz CT molecular complexity index is 820. The van der Waals surface area contributed by atoms with E-state index >= 15 is 0 Å². The van der Waals surface area contributed by atoms with Gasteiger partial charge >= 0.3 is 5.97 Å². The second-order valence-corrected chi connectivity index (χ2v) is 6.19. The van der Waals surface area contributed by atoms with Crippen LogP contribution in [-0.2, 0) is 16.0 Å². The van der Waals surface area contributed by atoms with Gasteiger partial charge in [0.25, 0.3) is 5.91 Å². The van der Waals surface area contributed by atoms with Gasteiger partial charge in [-0.15, -0.1) is 0 Å². The van der Waals surface area contributed by atoms with Crippen molar-refractivity contribution in [2.75, 3.05) is 12.4 Å². The number of esters is 1. The van der Waals surface area contributed by atoms with Gasteiger partial charge in [-0.1, -0.05) is 29.8 Å². The monoisotopic (exact) mass is 345 g/mol. The first-order valence-electron chi connectivity index (χ1n) is 7.39. The van der Waals surface area contributed by atoms with E-state index < -0.39 is 17.5 Å². The van der Waals surface area contributed by atoms with Gasteiger partial charge in [0, 0.05) is 11.4 Å². The summed E-state index contributed by atoms with van der Waals surface area (Å²) in [6.45, 7) is 1.59. The highest BCUT2D eigenvalue weighted by Crippen LogP contribution is 2.32. The van der Waals surface area contributed by atoms with Gasteiger partial charge in [0.05, 0.1) is 18.4 Å². The average molecular weight is 346 g/mol. The summed E-state index contributed by atoms with van der Waals surface area (Å²) < 4.78 is 10.6. The highest BCUT2D eigenvalue weighted by molar-refractivity contribution is 6.31. The number of hydrogen-bond acceptors (Lipinski definition) is 4. The quantitative estimate of drug-likeness (QED) is 0.865. The SMILES string of the molecule is COc1ccc(Cl)cc1NC(=O)[C@]1(C)Cc2ccccc2C(=O)O1. The number of carbonyl (C=O) groups is 2. The number of nitrogens with one attached hydrogen (secondary N) is 1. The molecule has 0 fully saturated rings. The molecule has 0 aromatic heterocycles. The number of benzene rings is 2. The topological polar surface area (TPSA) is 64.6 Å². The molecule has 1 amide bonds. The van der Waals surface area contributed by atoms with Gasteiger partial charge < -0.3 is 14.8 Å². The van der Waals surface area contributed by atoms with Crippen LogP contribution in [0.3, 0.4) is 0 Å². The minimum Gasteiger partial charge on any atom is -0.495 e. The molecule has 1 heterocycles. The molecule has 24 heavy (non-hydrogen) atoms. The van der Waals surface area contributed by atoms with Crippen molar-refractivity contribution >= 4 is 29.2 Å². The molecule has 1 aliphatic heterocycles. The summed E-state index contributed by atoms with van der Waals surface area (Å²) >= 11 is 5.98. The van der Waals surface area contributed by atoms with Crippen molar-refractivity contribution in [1.82, 2.24) is 0 Å². The zero-order valence-corrected chi connectivity index (χ0v) is 14.0. The molecule has 1 N–H and O–H groups in total. The Labute approximate surface area is 144 Å². The van der Waals surface area contributed by atoms with Crippen molar-refractivity contribution in [3.63, 3.8) is 0 Å².